The van der Waals surface area contributed by atoms with Gasteiger partial charge in [-0.15, -0.1) is 11.3 Å². The van der Waals surface area contributed by atoms with Crippen LogP contribution in [0.25, 0.3) is 53.2 Å². The average Bonchev–Trinajstić information content (AvgIpc) is 3.59. The predicted molar refractivity (Wildman–Crippen MR) is 195 cm³/mol. The van der Waals surface area contributed by atoms with Gasteiger partial charge in [-0.1, -0.05) is 135 Å². The van der Waals surface area contributed by atoms with Crippen molar-refractivity contribution in [2.75, 3.05) is 4.90 Å². The van der Waals surface area contributed by atoms with E-state index in [2.05, 4.69) is 170 Å². The highest BCUT2D eigenvalue weighted by Gasteiger charge is 2.38. The molecular weight excluding hydrogens is 563 g/mol. The Morgan fingerprint density at radius 2 is 1.20 bits per heavy atom. The van der Waals surface area contributed by atoms with Crippen molar-refractivity contribution in [3.8, 4) is 22.3 Å². The van der Waals surface area contributed by atoms with E-state index in [1.165, 1.54) is 75.7 Å². The molecule has 0 atom stereocenters. The lowest BCUT2D eigenvalue weighted by Crippen LogP contribution is -2.16. The maximum absolute atomic E-state index is 2.53. The van der Waals surface area contributed by atoms with Crippen LogP contribution in [0.15, 0.2) is 152 Å². The molecule has 0 amide bonds. The van der Waals surface area contributed by atoms with E-state index in [1.54, 1.807) is 0 Å². The van der Waals surface area contributed by atoms with Gasteiger partial charge in [0.2, 0.25) is 0 Å². The maximum Gasteiger partial charge on any atom is 0.0561 e. The number of thiophene rings is 1. The Kier molecular flexibility index (Phi) is 5.78. The molecule has 45 heavy (non-hydrogen) atoms. The summed E-state index contributed by atoms with van der Waals surface area (Å²) in [5.41, 5.74) is 11.3. The standard InChI is InChI=1S/C43H31NS/c1-43(2)35-19-10-8-17-33(35)40-36(43)20-12-21-37(40)44(31-25-23-29(24-26-31)28-13-4-3-5-14-28)38-27-30-15-6-7-16-32(30)42-41(38)34-18-9-11-22-39(34)45-42/h3-27H,1-2H3. The van der Waals surface area contributed by atoms with Crippen molar-refractivity contribution in [3.05, 3.63) is 163 Å². The summed E-state index contributed by atoms with van der Waals surface area (Å²) in [5.74, 6) is 0. The molecule has 9 rings (SSSR count). The highest BCUT2D eigenvalue weighted by molar-refractivity contribution is 7.26. The molecular formula is C43H31NS. The first kappa shape index (κ1) is 26.2. The number of anilines is 3. The van der Waals surface area contributed by atoms with Gasteiger partial charge in [-0.05, 0) is 68.9 Å². The van der Waals surface area contributed by atoms with Crippen molar-refractivity contribution in [2.24, 2.45) is 0 Å². The van der Waals surface area contributed by atoms with Crippen LogP contribution in [0, 0.1) is 0 Å². The normalized spacial score (nSPS) is 13.3. The molecule has 0 saturated carbocycles. The molecule has 1 heterocycles. The molecule has 1 aromatic heterocycles. The highest BCUT2D eigenvalue weighted by atomic mass is 32.1. The molecule has 1 aliphatic rings. The summed E-state index contributed by atoms with van der Waals surface area (Å²) in [7, 11) is 0. The third-order valence-electron chi connectivity index (χ3n) is 9.65. The molecule has 0 fully saturated rings. The minimum atomic E-state index is -0.0848. The van der Waals surface area contributed by atoms with E-state index in [9.17, 15) is 0 Å². The van der Waals surface area contributed by atoms with E-state index in [0.717, 1.165) is 5.69 Å². The summed E-state index contributed by atoms with van der Waals surface area (Å²) >= 11 is 1.90. The van der Waals surface area contributed by atoms with Crippen molar-refractivity contribution < 1.29 is 0 Å². The Labute approximate surface area is 267 Å². The molecule has 0 radical (unpaired) electrons. The number of benzene rings is 7. The van der Waals surface area contributed by atoms with Crippen molar-refractivity contribution in [3.63, 3.8) is 0 Å². The molecule has 0 bridgehead atoms. The Balaban J connectivity index is 1.39. The Morgan fingerprint density at radius 1 is 0.533 bits per heavy atom. The first-order chi connectivity index (χ1) is 22.1. The second-order valence-corrected chi connectivity index (χ2v) is 13.6. The molecule has 1 aliphatic carbocycles. The highest BCUT2D eigenvalue weighted by Crippen LogP contribution is 2.56. The fraction of sp³-hybridized carbons (Fsp3) is 0.0698. The fourth-order valence-corrected chi connectivity index (χ4v) is 8.74. The number of nitrogens with zero attached hydrogens (tertiary/aromatic N) is 1. The molecule has 214 valence electrons. The van der Waals surface area contributed by atoms with Crippen LogP contribution in [0.2, 0.25) is 0 Å². The summed E-state index contributed by atoms with van der Waals surface area (Å²) in [6.45, 7) is 4.72. The van der Waals surface area contributed by atoms with E-state index in [4.69, 9.17) is 0 Å². The summed E-state index contributed by atoms with van der Waals surface area (Å²) in [4.78, 5) is 2.53. The quantitative estimate of drug-likeness (QED) is 0.196. The molecule has 0 unspecified atom stereocenters. The molecule has 1 nitrogen and oxygen atoms in total. The van der Waals surface area contributed by atoms with Gasteiger partial charge in [-0.2, -0.15) is 0 Å². The molecule has 7 aromatic carbocycles. The van der Waals surface area contributed by atoms with Crippen molar-refractivity contribution in [1.82, 2.24) is 0 Å². The topological polar surface area (TPSA) is 3.24 Å². The SMILES string of the molecule is CC1(C)c2ccccc2-c2c(N(c3ccc(-c4ccccc4)cc3)c3cc4ccccc4c4sc5ccccc5c34)cccc21. The van der Waals surface area contributed by atoms with E-state index in [1.807, 2.05) is 11.3 Å². The lowest BCUT2D eigenvalue weighted by Gasteiger charge is -2.30. The van der Waals surface area contributed by atoms with E-state index in [-0.39, 0.29) is 5.41 Å². The number of fused-ring (bicyclic) bond motifs is 8. The lowest BCUT2D eigenvalue weighted by atomic mass is 9.82. The summed E-state index contributed by atoms with van der Waals surface area (Å²) in [5, 5.41) is 5.18. The summed E-state index contributed by atoms with van der Waals surface area (Å²) < 4.78 is 2.65. The van der Waals surface area contributed by atoms with Crippen LogP contribution in [0.5, 0.6) is 0 Å². The number of hydrogen-bond donors (Lipinski definition) is 0. The summed E-state index contributed by atoms with van der Waals surface area (Å²) in [6, 6.07) is 55.8. The van der Waals surface area contributed by atoms with Crippen LogP contribution in [0.3, 0.4) is 0 Å². The van der Waals surface area contributed by atoms with Crippen molar-refractivity contribution in [2.45, 2.75) is 19.3 Å². The zero-order valence-electron chi connectivity index (χ0n) is 25.3. The Bertz CT molecular complexity index is 2400. The van der Waals surface area contributed by atoms with Gasteiger partial charge in [0.1, 0.15) is 0 Å². The van der Waals surface area contributed by atoms with Gasteiger partial charge in [0.25, 0.3) is 0 Å². The zero-order chi connectivity index (χ0) is 30.1. The first-order valence-corrected chi connectivity index (χ1v) is 16.4. The van der Waals surface area contributed by atoms with Gasteiger partial charge in [0.15, 0.2) is 0 Å². The molecule has 2 heteroatoms. The zero-order valence-corrected chi connectivity index (χ0v) is 26.1. The third kappa shape index (κ3) is 3.92. The minimum absolute atomic E-state index is 0.0848. The predicted octanol–water partition coefficient (Wildman–Crippen LogP) is 12.7. The Morgan fingerprint density at radius 3 is 2.04 bits per heavy atom. The molecule has 0 N–H and O–H groups in total. The van der Waals surface area contributed by atoms with Crippen LogP contribution >= 0.6 is 11.3 Å². The smallest absolute Gasteiger partial charge is 0.0561 e. The van der Waals surface area contributed by atoms with Crippen LogP contribution in [0.4, 0.5) is 17.1 Å². The van der Waals surface area contributed by atoms with Gasteiger partial charge < -0.3 is 4.90 Å². The Hall–Kier alpha value is -5.18. The molecule has 0 aliphatic heterocycles. The monoisotopic (exact) mass is 593 g/mol. The lowest BCUT2D eigenvalue weighted by molar-refractivity contribution is 0.660. The van der Waals surface area contributed by atoms with Crippen LogP contribution in [-0.2, 0) is 5.41 Å². The second kappa shape index (κ2) is 9.92. The van der Waals surface area contributed by atoms with Gasteiger partial charge in [0.05, 0.1) is 11.4 Å². The third-order valence-corrected chi connectivity index (χ3v) is 10.9. The van der Waals surface area contributed by atoms with Gasteiger partial charge in [0, 0.05) is 36.8 Å². The van der Waals surface area contributed by atoms with Crippen LogP contribution < -0.4 is 4.90 Å². The number of rotatable bonds is 4. The molecule has 0 saturated heterocycles. The average molecular weight is 594 g/mol. The largest absolute Gasteiger partial charge is 0.309 e. The van der Waals surface area contributed by atoms with Crippen LogP contribution in [-0.4, -0.2) is 0 Å². The van der Waals surface area contributed by atoms with Crippen LogP contribution in [0.1, 0.15) is 25.0 Å². The van der Waals surface area contributed by atoms with Gasteiger partial charge >= 0.3 is 0 Å². The second-order valence-electron chi connectivity index (χ2n) is 12.5. The fourth-order valence-electron chi connectivity index (χ4n) is 7.48. The van der Waals surface area contributed by atoms with Gasteiger partial charge in [-0.3, -0.25) is 0 Å². The van der Waals surface area contributed by atoms with E-state index in [0.29, 0.717) is 0 Å². The maximum atomic E-state index is 2.53. The van der Waals surface area contributed by atoms with Crippen molar-refractivity contribution >= 4 is 59.3 Å². The minimum Gasteiger partial charge on any atom is -0.309 e. The first-order valence-electron chi connectivity index (χ1n) is 15.6. The molecule has 8 aromatic rings. The van der Waals surface area contributed by atoms with E-state index < -0.39 is 0 Å². The van der Waals surface area contributed by atoms with Crippen molar-refractivity contribution in [1.29, 1.82) is 0 Å². The molecule has 0 spiro atoms. The summed E-state index contributed by atoms with van der Waals surface area (Å²) in [6.07, 6.45) is 0. The number of hydrogen-bond acceptors (Lipinski definition) is 2. The van der Waals surface area contributed by atoms with E-state index >= 15 is 0 Å². The van der Waals surface area contributed by atoms with Gasteiger partial charge in [-0.25, -0.2) is 0 Å².